The average Bonchev–Trinajstić information content (AvgIpc) is 3.03. The predicted molar refractivity (Wildman–Crippen MR) is 94.7 cm³/mol. The molecule has 2 heterocycles. The van der Waals surface area contributed by atoms with E-state index in [9.17, 15) is 13.2 Å². The minimum Gasteiger partial charge on any atom is -0.340 e. The molecule has 134 valence electrons. The molecule has 0 saturated carbocycles. The summed E-state index contributed by atoms with van der Waals surface area (Å²) in [5.74, 6) is 0.385. The van der Waals surface area contributed by atoms with Crippen LogP contribution in [0.1, 0.15) is 35.2 Å². The number of H-pyrrole nitrogens is 1. The number of aryl methyl sites for hydroxylation is 1. The van der Waals surface area contributed by atoms with Gasteiger partial charge in [-0.25, -0.2) is 13.5 Å². The van der Waals surface area contributed by atoms with Crippen molar-refractivity contribution in [2.45, 2.75) is 31.1 Å². The van der Waals surface area contributed by atoms with E-state index in [2.05, 4.69) is 25.4 Å². The van der Waals surface area contributed by atoms with Crippen molar-refractivity contribution in [1.82, 2.24) is 15.2 Å². The highest BCUT2D eigenvalue weighted by atomic mass is 32.2. The molecule has 8 nitrogen and oxygen atoms in total. The zero-order chi connectivity index (χ0) is 18.0. The number of aromatic nitrogens is 3. The fourth-order valence-corrected chi connectivity index (χ4v) is 3.44. The highest BCUT2D eigenvalue weighted by Crippen LogP contribution is 2.19. The van der Waals surface area contributed by atoms with E-state index in [4.69, 9.17) is 0 Å². The smallest absolute Gasteiger partial charge is 0.258 e. The highest BCUT2D eigenvalue weighted by molar-refractivity contribution is 7.90. The summed E-state index contributed by atoms with van der Waals surface area (Å²) in [4.78, 5) is 19.0. The van der Waals surface area contributed by atoms with Gasteiger partial charge < -0.3 is 4.90 Å². The number of amides is 1. The minimum absolute atomic E-state index is 0.106. The van der Waals surface area contributed by atoms with Gasteiger partial charge in [-0.3, -0.25) is 10.1 Å². The van der Waals surface area contributed by atoms with Crippen LogP contribution in [-0.2, 0) is 9.84 Å². The summed E-state index contributed by atoms with van der Waals surface area (Å²) in [6, 6.07) is 4.48. The number of carbonyl (C=O) groups excluding carboxylic acids is 1. The molecule has 0 bridgehead atoms. The molecule has 1 fully saturated rings. The molecule has 2 N–H and O–H groups in total. The lowest BCUT2D eigenvalue weighted by molar-refractivity contribution is 0.102. The number of piperidine rings is 1. The van der Waals surface area contributed by atoms with Crippen molar-refractivity contribution in [1.29, 1.82) is 0 Å². The van der Waals surface area contributed by atoms with Gasteiger partial charge in [0.05, 0.1) is 4.90 Å². The molecule has 2 aromatic rings. The molecule has 0 radical (unpaired) electrons. The highest BCUT2D eigenvalue weighted by Gasteiger charge is 2.18. The topological polar surface area (TPSA) is 108 Å². The standard InChI is InChI=1S/C16H21N5O3S/c1-11-6-7-12(25(2,23)24)10-13(11)14(22)17-15-18-16(20-19-15)21-8-4-3-5-9-21/h6-7,10H,3-5,8-9H2,1-2H3,(H2,17,18,19,20,22). The van der Waals surface area contributed by atoms with Crippen LogP contribution in [0.25, 0.3) is 0 Å². The van der Waals surface area contributed by atoms with Gasteiger partial charge in [-0.1, -0.05) is 6.07 Å². The molecule has 9 heteroatoms. The second-order valence-electron chi connectivity index (χ2n) is 6.23. The molecule has 25 heavy (non-hydrogen) atoms. The van der Waals surface area contributed by atoms with Crippen molar-refractivity contribution in [2.75, 3.05) is 29.6 Å². The van der Waals surface area contributed by atoms with E-state index in [0.29, 0.717) is 17.1 Å². The first-order valence-corrected chi connectivity index (χ1v) is 10.0. The van der Waals surface area contributed by atoms with E-state index in [1.165, 1.54) is 18.6 Å². The Balaban J connectivity index is 1.77. The summed E-state index contributed by atoms with van der Waals surface area (Å²) in [6.07, 6.45) is 4.53. The Morgan fingerprint density at radius 3 is 2.64 bits per heavy atom. The van der Waals surface area contributed by atoms with Gasteiger partial charge in [-0.15, -0.1) is 5.10 Å². The maximum absolute atomic E-state index is 12.5. The SMILES string of the molecule is Cc1ccc(S(C)(=O)=O)cc1C(=O)Nc1nc(N2CCCCC2)n[nH]1. The summed E-state index contributed by atoms with van der Waals surface area (Å²) >= 11 is 0. The molecular weight excluding hydrogens is 342 g/mol. The third-order valence-corrected chi connectivity index (χ3v) is 5.34. The number of hydrogen-bond acceptors (Lipinski definition) is 6. The van der Waals surface area contributed by atoms with E-state index >= 15 is 0 Å². The van der Waals surface area contributed by atoms with Gasteiger partial charge in [-0.2, -0.15) is 4.98 Å². The zero-order valence-electron chi connectivity index (χ0n) is 14.2. The van der Waals surface area contributed by atoms with Crippen LogP contribution in [0, 0.1) is 6.92 Å². The van der Waals surface area contributed by atoms with Crippen molar-refractivity contribution >= 4 is 27.6 Å². The predicted octanol–water partition coefficient (Wildman–Crippen LogP) is 1.76. The number of benzene rings is 1. The Hall–Kier alpha value is -2.42. The normalized spacial score (nSPS) is 15.2. The number of nitrogens with one attached hydrogen (secondary N) is 2. The van der Waals surface area contributed by atoms with E-state index in [1.807, 2.05) is 0 Å². The minimum atomic E-state index is -3.38. The van der Waals surface area contributed by atoms with E-state index in [1.54, 1.807) is 13.0 Å². The van der Waals surface area contributed by atoms with Gasteiger partial charge in [-0.05, 0) is 43.9 Å². The number of nitrogens with zero attached hydrogens (tertiary/aromatic N) is 3. The summed E-state index contributed by atoms with van der Waals surface area (Å²) in [7, 11) is -3.38. The first kappa shape index (κ1) is 17.4. The third kappa shape index (κ3) is 3.98. The number of carbonyl (C=O) groups is 1. The lowest BCUT2D eigenvalue weighted by Crippen LogP contribution is -2.30. The van der Waals surface area contributed by atoms with Crippen LogP contribution in [0.5, 0.6) is 0 Å². The molecule has 1 aliphatic rings. The van der Waals surface area contributed by atoms with Gasteiger partial charge in [0.15, 0.2) is 9.84 Å². The van der Waals surface area contributed by atoms with Crippen molar-refractivity contribution in [2.24, 2.45) is 0 Å². The summed E-state index contributed by atoms with van der Waals surface area (Å²) in [6.45, 7) is 3.56. The molecular formula is C16H21N5O3S. The van der Waals surface area contributed by atoms with E-state index < -0.39 is 15.7 Å². The Labute approximate surface area is 146 Å². The summed E-state index contributed by atoms with van der Waals surface area (Å²) < 4.78 is 23.4. The number of aromatic amines is 1. The van der Waals surface area contributed by atoms with Crippen LogP contribution in [-0.4, -0.2) is 48.9 Å². The Morgan fingerprint density at radius 2 is 1.96 bits per heavy atom. The summed E-state index contributed by atoms with van der Waals surface area (Å²) in [5.41, 5.74) is 0.972. The monoisotopic (exact) mass is 363 g/mol. The largest absolute Gasteiger partial charge is 0.340 e. The van der Waals surface area contributed by atoms with Crippen molar-refractivity contribution < 1.29 is 13.2 Å². The molecule has 1 aromatic carbocycles. The Bertz CT molecular complexity index is 885. The first-order chi connectivity index (χ1) is 11.8. The molecule has 0 aliphatic carbocycles. The van der Waals surface area contributed by atoms with E-state index in [0.717, 1.165) is 32.2 Å². The van der Waals surface area contributed by atoms with Gasteiger partial charge in [0.25, 0.3) is 5.91 Å². The Morgan fingerprint density at radius 1 is 1.24 bits per heavy atom. The molecule has 1 saturated heterocycles. The average molecular weight is 363 g/mol. The van der Waals surface area contributed by atoms with Crippen LogP contribution in [0.15, 0.2) is 23.1 Å². The van der Waals surface area contributed by atoms with Crippen LogP contribution >= 0.6 is 0 Å². The third-order valence-electron chi connectivity index (χ3n) is 4.23. The quantitative estimate of drug-likeness (QED) is 0.857. The number of rotatable bonds is 4. The zero-order valence-corrected chi connectivity index (χ0v) is 15.1. The molecule has 1 amide bonds. The van der Waals surface area contributed by atoms with Gasteiger partial charge in [0.2, 0.25) is 11.9 Å². The number of anilines is 2. The maximum atomic E-state index is 12.5. The maximum Gasteiger partial charge on any atom is 0.258 e. The molecule has 0 atom stereocenters. The molecule has 3 rings (SSSR count). The first-order valence-electron chi connectivity index (χ1n) is 8.14. The van der Waals surface area contributed by atoms with Gasteiger partial charge in [0.1, 0.15) is 0 Å². The lowest BCUT2D eigenvalue weighted by atomic mass is 10.1. The molecule has 1 aliphatic heterocycles. The van der Waals surface area contributed by atoms with Crippen LogP contribution in [0.2, 0.25) is 0 Å². The van der Waals surface area contributed by atoms with E-state index in [-0.39, 0.29) is 10.8 Å². The lowest BCUT2D eigenvalue weighted by Gasteiger charge is -2.24. The fraction of sp³-hybridized carbons (Fsp3) is 0.438. The second kappa shape index (κ2) is 6.83. The van der Waals surface area contributed by atoms with Crippen molar-refractivity contribution in [3.8, 4) is 0 Å². The molecule has 0 spiro atoms. The van der Waals surface area contributed by atoms with Gasteiger partial charge in [0, 0.05) is 24.9 Å². The van der Waals surface area contributed by atoms with Gasteiger partial charge >= 0.3 is 0 Å². The number of hydrogen-bond donors (Lipinski definition) is 2. The van der Waals surface area contributed by atoms with Crippen LogP contribution in [0.4, 0.5) is 11.9 Å². The molecule has 1 aromatic heterocycles. The molecule has 0 unspecified atom stereocenters. The second-order valence-corrected chi connectivity index (χ2v) is 8.25. The fourth-order valence-electron chi connectivity index (χ4n) is 2.80. The number of sulfone groups is 1. The van der Waals surface area contributed by atoms with Crippen LogP contribution < -0.4 is 10.2 Å². The Kier molecular flexibility index (Phi) is 4.76. The summed E-state index contributed by atoms with van der Waals surface area (Å²) in [5, 5.41) is 9.51. The van der Waals surface area contributed by atoms with Crippen molar-refractivity contribution in [3.63, 3.8) is 0 Å². The van der Waals surface area contributed by atoms with Crippen molar-refractivity contribution in [3.05, 3.63) is 29.3 Å². The van der Waals surface area contributed by atoms with Crippen LogP contribution in [0.3, 0.4) is 0 Å².